The largest absolute Gasteiger partial charge is 0.377 e. The summed E-state index contributed by atoms with van der Waals surface area (Å²) in [6.45, 7) is 6.16. The normalized spacial score (nSPS) is 22.8. The van der Waals surface area contributed by atoms with Gasteiger partial charge in [0.15, 0.2) is 0 Å². The van der Waals surface area contributed by atoms with Crippen molar-refractivity contribution in [1.29, 1.82) is 0 Å². The number of ether oxygens (including phenoxy) is 1. The minimum Gasteiger partial charge on any atom is -0.377 e. The number of hydrogen-bond donors (Lipinski definition) is 2. The molecule has 0 aliphatic carbocycles. The fourth-order valence-electron chi connectivity index (χ4n) is 4.11. The number of rotatable bonds is 10. The van der Waals surface area contributed by atoms with E-state index in [0.717, 1.165) is 32.2 Å². The molecule has 7 nitrogen and oxygen atoms in total. The molecule has 1 amide bonds. The highest BCUT2D eigenvalue weighted by atomic mass is 32.2. The lowest BCUT2D eigenvalue weighted by atomic mass is 10.0. The van der Waals surface area contributed by atoms with Crippen LogP contribution in [0.15, 0.2) is 29.2 Å². The van der Waals surface area contributed by atoms with Crippen molar-refractivity contribution in [3.63, 3.8) is 0 Å². The molecule has 2 unspecified atom stereocenters. The molecule has 2 aliphatic rings. The zero-order valence-corrected chi connectivity index (χ0v) is 18.8. The monoisotopic (exact) mass is 437 g/mol. The van der Waals surface area contributed by atoms with Crippen LogP contribution in [0.4, 0.5) is 0 Å². The van der Waals surface area contributed by atoms with Crippen LogP contribution < -0.4 is 10.0 Å². The molecule has 1 aromatic carbocycles. The lowest BCUT2D eigenvalue weighted by Crippen LogP contribution is -2.38. The van der Waals surface area contributed by atoms with Crippen molar-refractivity contribution in [2.24, 2.45) is 0 Å². The van der Waals surface area contributed by atoms with Gasteiger partial charge in [-0.2, -0.15) is 0 Å². The number of amides is 1. The van der Waals surface area contributed by atoms with Gasteiger partial charge in [0.1, 0.15) is 0 Å². The van der Waals surface area contributed by atoms with Crippen LogP contribution in [0.3, 0.4) is 0 Å². The van der Waals surface area contributed by atoms with Crippen molar-refractivity contribution in [2.75, 3.05) is 32.8 Å². The van der Waals surface area contributed by atoms with Gasteiger partial charge in [-0.3, -0.25) is 4.79 Å². The summed E-state index contributed by atoms with van der Waals surface area (Å²) in [5.41, 5.74) is 0.470. The second-order valence-electron chi connectivity index (χ2n) is 8.36. The molecule has 8 heteroatoms. The molecule has 0 saturated carbocycles. The van der Waals surface area contributed by atoms with Crippen molar-refractivity contribution in [3.05, 3.63) is 29.8 Å². The first-order valence-corrected chi connectivity index (χ1v) is 12.7. The molecule has 0 bridgehead atoms. The van der Waals surface area contributed by atoms with Crippen LogP contribution in [0.1, 0.15) is 62.2 Å². The van der Waals surface area contributed by atoms with Gasteiger partial charge in [-0.15, -0.1) is 0 Å². The number of carbonyl (C=O) groups excluding carboxylic acids is 1. The Balaban J connectivity index is 1.38. The summed E-state index contributed by atoms with van der Waals surface area (Å²) in [4.78, 5) is 15.0. The summed E-state index contributed by atoms with van der Waals surface area (Å²) in [5.74, 6) is -0.169. The topological polar surface area (TPSA) is 87.7 Å². The number of nitrogens with zero attached hydrogens (tertiary/aromatic N) is 1. The third kappa shape index (κ3) is 6.77. The van der Waals surface area contributed by atoms with Crippen LogP contribution in [-0.2, 0) is 14.8 Å². The van der Waals surface area contributed by atoms with Crippen molar-refractivity contribution in [2.45, 2.75) is 68.9 Å². The Hall–Kier alpha value is -1.48. The minimum atomic E-state index is -3.60. The van der Waals surface area contributed by atoms with Gasteiger partial charge in [0.25, 0.3) is 5.91 Å². The summed E-state index contributed by atoms with van der Waals surface area (Å²) in [5, 5.41) is 2.93. The molecule has 0 aromatic heterocycles. The SMILES string of the molecule is CC1CCCCN1CCCCNC(=O)c1ccc(S(=O)(=O)NCC2CCCO2)cc1. The molecular weight excluding hydrogens is 402 g/mol. The van der Waals surface area contributed by atoms with E-state index in [4.69, 9.17) is 4.74 Å². The molecule has 2 saturated heterocycles. The summed E-state index contributed by atoms with van der Waals surface area (Å²) < 4.78 is 32.8. The van der Waals surface area contributed by atoms with Gasteiger partial charge in [0, 0.05) is 31.3 Å². The first-order valence-electron chi connectivity index (χ1n) is 11.2. The fourth-order valence-corrected chi connectivity index (χ4v) is 5.18. The van der Waals surface area contributed by atoms with E-state index in [1.165, 1.54) is 37.9 Å². The number of nitrogens with one attached hydrogen (secondary N) is 2. The predicted octanol–water partition coefficient (Wildman–Crippen LogP) is 2.53. The first kappa shape index (κ1) is 23.2. The average Bonchev–Trinajstić information content (AvgIpc) is 3.27. The number of benzene rings is 1. The van der Waals surface area contributed by atoms with E-state index in [0.29, 0.717) is 24.8 Å². The first-order chi connectivity index (χ1) is 14.5. The molecule has 3 rings (SSSR count). The second-order valence-corrected chi connectivity index (χ2v) is 10.1. The van der Waals surface area contributed by atoms with Gasteiger partial charge >= 0.3 is 0 Å². The molecule has 0 spiro atoms. The summed E-state index contributed by atoms with van der Waals surface area (Å²) in [6.07, 6.45) is 7.70. The molecule has 2 aliphatic heterocycles. The molecule has 2 N–H and O–H groups in total. The van der Waals surface area contributed by atoms with Crippen LogP contribution in [0.2, 0.25) is 0 Å². The summed E-state index contributed by atoms with van der Waals surface area (Å²) >= 11 is 0. The Bertz CT molecular complexity index is 776. The van der Waals surface area contributed by atoms with E-state index >= 15 is 0 Å². The third-order valence-corrected chi connectivity index (χ3v) is 7.49. The van der Waals surface area contributed by atoms with Gasteiger partial charge < -0.3 is 15.0 Å². The number of hydrogen-bond acceptors (Lipinski definition) is 5. The number of carbonyl (C=O) groups is 1. The van der Waals surface area contributed by atoms with E-state index < -0.39 is 10.0 Å². The van der Waals surface area contributed by atoms with Crippen molar-refractivity contribution in [3.8, 4) is 0 Å². The van der Waals surface area contributed by atoms with Crippen LogP contribution in [0.5, 0.6) is 0 Å². The van der Waals surface area contributed by atoms with E-state index in [1.54, 1.807) is 12.1 Å². The van der Waals surface area contributed by atoms with E-state index in [9.17, 15) is 13.2 Å². The fraction of sp³-hybridized carbons (Fsp3) is 0.682. The van der Waals surface area contributed by atoms with Gasteiger partial charge in [0.05, 0.1) is 11.0 Å². The second kappa shape index (κ2) is 11.2. The van der Waals surface area contributed by atoms with Gasteiger partial charge in [-0.05, 0) is 82.8 Å². The number of likely N-dealkylation sites (tertiary alicyclic amines) is 1. The predicted molar refractivity (Wildman–Crippen MR) is 117 cm³/mol. The molecule has 1 aromatic rings. The highest BCUT2D eigenvalue weighted by Crippen LogP contribution is 2.17. The Morgan fingerprint density at radius 3 is 2.63 bits per heavy atom. The molecule has 2 atom stereocenters. The lowest BCUT2D eigenvalue weighted by molar-refractivity contribution is 0.0951. The molecule has 168 valence electrons. The summed E-state index contributed by atoms with van der Waals surface area (Å²) in [6, 6.07) is 6.74. The number of unbranched alkanes of at least 4 members (excludes halogenated alkanes) is 1. The van der Waals surface area contributed by atoms with Crippen molar-refractivity contribution >= 4 is 15.9 Å². The number of piperidine rings is 1. The van der Waals surface area contributed by atoms with Gasteiger partial charge in [-0.1, -0.05) is 6.42 Å². The highest BCUT2D eigenvalue weighted by Gasteiger charge is 2.21. The standard InChI is InChI=1S/C22H35N3O4S/c1-18-7-2-4-14-25(18)15-5-3-13-23-22(26)19-9-11-21(12-10-19)30(27,28)24-17-20-8-6-16-29-20/h9-12,18,20,24H,2-8,13-17H2,1H3,(H,23,26). The van der Waals surface area contributed by atoms with Crippen LogP contribution in [-0.4, -0.2) is 64.2 Å². The highest BCUT2D eigenvalue weighted by molar-refractivity contribution is 7.89. The maximum Gasteiger partial charge on any atom is 0.251 e. The molecular formula is C22H35N3O4S. The third-order valence-electron chi connectivity index (χ3n) is 6.05. The average molecular weight is 438 g/mol. The van der Waals surface area contributed by atoms with Crippen molar-refractivity contribution in [1.82, 2.24) is 14.9 Å². The Labute approximate surface area is 180 Å². The van der Waals surface area contributed by atoms with Gasteiger partial charge in [0.2, 0.25) is 10.0 Å². The van der Waals surface area contributed by atoms with Crippen molar-refractivity contribution < 1.29 is 17.9 Å². The molecule has 0 radical (unpaired) electrons. The Kier molecular flexibility index (Phi) is 8.68. The van der Waals surface area contributed by atoms with E-state index in [1.807, 2.05) is 0 Å². The molecule has 2 fully saturated rings. The van der Waals surface area contributed by atoms with Crippen LogP contribution in [0.25, 0.3) is 0 Å². The number of sulfonamides is 1. The Morgan fingerprint density at radius 1 is 1.13 bits per heavy atom. The minimum absolute atomic E-state index is 0.0528. The van der Waals surface area contributed by atoms with Crippen LogP contribution in [0, 0.1) is 0 Å². The van der Waals surface area contributed by atoms with Crippen LogP contribution >= 0.6 is 0 Å². The Morgan fingerprint density at radius 2 is 1.93 bits per heavy atom. The smallest absolute Gasteiger partial charge is 0.251 e. The zero-order valence-electron chi connectivity index (χ0n) is 17.9. The molecule has 2 heterocycles. The maximum absolute atomic E-state index is 12.4. The quantitative estimate of drug-likeness (QED) is 0.549. The lowest BCUT2D eigenvalue weighted by Gasteiger charge is -2.33. The molecule has 30 heavy (non-hydrogen) atoms. The van der Waals surface area contributed by atoms with Gasteiger partial charge in [-0.25, -0.2) is 13.1 Å². The van der Waals surface area contributed by atoms with E-state index in [2.05, 4.69) is 21.9 Å². The summed E-state index contributed by atoms with van der Waals surface area (Å²) in [7, 11) is -3.60. The van der Waals surface area contributed by atoms with E-state index in [-0.39, 0.29) is 23.5 Å². The maximum atomic E-state index is 12.4. The zero-order chi connectivity index (χ0) is 21.4.